The van der Waals surface area contributed by atoms with E-state index in [1.807, 2.05) is 29.4 Å². The summed E-state index contributed by atoms with van der Waals surface area (Å²) in [4.78, 5) is 18.8. The zero-order valence-corrected chi connectivity index (χ0v) is 14.3. The van der Waals surface area contributed by atoms with Gasteiger partial charge >= 0.3 is 6.03 Å². The van der Waals surface area contributed by atoms with Gasteiger partial charge in [0.25, 0.3) is 0 Å². The second-order valence-electron chi connectivity index (χ2n) is 7.02. The summed E-state index contributed by atoms with van der Waals surface area (Å²) in [5, 5.41) is 10.00. The van der Waals surface area contributed by atoms with Crippen molar-refractivity contribution in [2.75, 3.05) is 13.1 Å². The molecule has 1 atom stereocenters. The van der Waals surface area contributed by atoms with Gasteiger partial charge in [-0.3, -0.25) is 10.1 Å². The topological polar surface area (TPSA) is 73.9 Å². The molecular formula is C18H25N5O. The van der Waals surface area contributed by atoms with Gasteiger partial charge in [0.2, 0.25) is 0 Å². The van der Waals surface area contributed by atoms with E-state index in [0.29, 0.717) is 6.54 Å². The number of piperidine rings is 1. The highest BCUT2D eigenvalue weighted by Crippen LogP contribution is 2.30. The lowest BCUT2D eigenvalue weighted by molar-refractivity contribution is 0.150. The largest absolute Gasteiger partial charge is 0.337 e. The summed E-state index contributed by atoms with van der Waals surface area (Å²) >= 11 is 0. The smallest absolute Gasteiger partial charge is 0.317 e. The molecule has 0 bridgehead atoms. The molecule has 0 saturated carbocycles. The maximum Gasteiger partial charge on any atom is 0.317 e. The van der Waals surface area contributed by atoms with Crippen molar-refractivity contribution in [1.29, 1.82) is 0 Å². The number of aromatic amines is 1. The van der Waals surface area contributed by atoms with E-state index in [1.54, 1.807) is 12.4 Å². The van der Waals surface area contributed by atoms with Gasteiger partial charge in [0.15, 0.2) is 0 Å². The van der Waals surface area contributed by atoms with E-state index in [2.05, 4.69) is 34.3 Å². The van der Waals surface area contributed by atoms with E-state index in [4.69, 9.17) is 0 Å². The number of nitrogens with one attached hydrogen (secondary N) is 2. The first-order valence-corrected chi connectivity index (χ1v) is 8.51. The fourth-order valence-electron chi connectivity index (χ4n) is 3.27. The van der Waals surface area contributed by atoms with Crippen molar-refractivity contribution in [2.45, 2.75) is 44.6 Å². The fraction of sp³-hybridized carbons (Fsp3) is 0.500. The number of carbonyl (C=O) groups excluding carboxylic acids is 1. The molecule has 0 unspecified atom stereocenters. The number of pyridine rings is 1. The Kier molecular flexibility index (Phi) is 4.83. The van der Waals surface area contributed by atoms with E-state index >= 15 is 0 Å². The molecule has 2 aromatic rings. The van der Waals surface area contributed by atoms with Crippen LogP contribution in [0.2, 0.25) is 0 Å². The summed E-state index contributed by atoms with van der Waals surface area (Å²) in [6.07, 6.45) is 10.5. The summed E-state index contributed by atoms with van der Waals surface area (Å²) < 4.78 is 0. The summed E-state index contributed by atoms with van der Waals surface area (Å²) in [5.74, 6) is 0. The summed E-state index contributed by atoms with van der Waals surface area (Å²) in [6, 6.07) is 4.12. The molecule has 3 rings (SSSR count). The van der Waals surface area contributed by atoms with Crippen LogP contribution in [0.15, 0.2) is 36.9 Å². The average Bonchev–Trinajstić information content (AvgIpc) is 3.15. The Bertz CT molecular complexity index is 653. The first-order valence-electron chi connectivity index (χ1n) is 8.51. The molecule has 0 spiro atoms. The lowest BCUT2D eigenvalue weighted by Gasteiger charge is -2.36. The van der Waals surface area contributed by atoms with Gasteiger partial charge in [-0.2, -0.15) is 5.10 Å². The molecule has 1 aliphatic rings. The van der Waals surface area contributed by atoms with Crippen molar-refractivity contribution in [3.05, 3.63) is 48.0 Å². The minimum absolute atomic E-state index is 0.00281. The normalized spacial score (nSPS) is 18.4. The van der Waals surface area contributed by atoms with Gasteiger partial charge in [-0.15, -0.1) is 0 Å². The Labute approximate surface area is 142 Å². The molecule has 128 valence electrons. The van der Waals surface area contributed by atoms with Crippen LogP contribution in [0.25, 0.3) is 0 Å². The van der Waals surface area contributed by atoms with Gasteiger partial charge in [-0.05, 0) is 37.0 Å². The Morgan fingerprint density at radius 3 is 2.88 bits per heavy atom. The van der Waals surface area contributed by atoms with Crippen LogP contribution in [-0.2, 0) is 5.41 Å². The fourth-order valence-corrected chi connectivity index (χ4v) is 3.27. The van der Waals surface area contributed by atoms with Crippen LogP contribution in [-0.4, -0.2) is 39.2 Å². The highest BCUT2D eigenvalue weighted by molar-refractivity contribution is 5.75. The molecule has 6 heteroatoms. The molecule has 0 aliphatic carbocycles. The molecule has 6 nitrogen and oxygen atoms in total. The van der Waals surface area contributed by atoms with Gasteiger partial charge in [0.1, 0.15) is 0 Å². The molecular weight excluding hydrogens is 302 g/mol. The van der Waals surface area contributed by atoms with Crippen molar-refractivity contribution in [3.63, 3.8) is 0 Å². The summed E-state index contributed by atoms with van der Waals surface area (Å²) in [7, 11) is 0. The number of likely N-dealkylation sites (tertiary alicyclic amines) is 1. The van der Waals surface area contributed by atoms with Gasteiger partial charge in [-0.25, -0.2) is 4.79 Å². The molecule has 0 radical (unpaired) electrons. The Balaban J connectivity index is 1.65. The second-order valence-corrected chi connectivity index (χ2v) is 7.02. The van der Waals surface area contributed by atoms with Gasteiger partial charge < -0.3 is 10.2 Å². The molecule has 3 heterocycles. The first-order chi connectivity index (χ1) is 11.6. The number of rotatable bonds is 4. The predicted molar refractivity (Wildman–Crippen MR) is 92.5 cm³/mol. The Morgan fingerprint density at radius 2 is 2.17 bits per heavy atom. The van der Waals surface area contributed by atoms with Crippen molar-refractivity contribution < 1.29 is 4.79 Å². The molecule has 1 fully saturated rings. The minimum atomic E-state index is -0.139. The van der Waals surface area contributed by atoms with Crippen molar-refractivity contribution >= 4 is 6.03 Å². The maximum atomic E-state index is 12.8. The van der Waals surface area contributed by atoms with Gasteiger partial charge in [-0.1, -0.05) is 13.8 Å². The van der Waals surface area contributed by atoms with E-state index in [9.17, 15) is 4.79 Å². The van der Waals surface area contributed by atoms with Crippen LogP contribution in [0, 0.1) is 0 Å². The van der Waals surface area contributed by atoms with Crippen LogP contribution in [0.1, 0.15) is 50.3 Å². The number of nitrogens with zero attached hydrogens (tertiary/aromatic N) is 3. The summed E-state index contributed by atoms with van der Waals surface area (Å²) in [5.41, 5.74) is 2.11. The van der Waals surface area contributed by atoms with Crippen molar-refractivity contribution in [1.82, 2.24) is 25.4 Å². The van der Waals surface area contributed by atoms with Crippen molar-refractivity contribution in [2.24, 2.45) is 0 Å². The standard InChI is InChI=1S/C18H25N5O/c1-18(2,15-6-8-19-9-7-15)13-20-17(24)23-10-4-3-5-16(23)14-11-21-22-12-14/h6-9,11-12,16H,3-5,10,13H2,1-2H3,(H,20,24)(H,21,22)/t16-/m1/s1. The van der Waals surface area contributed by atoms with Gasteiger partial charge in [0.05, 0.1) is 12.2 Å². The molecule has 24 heavy (non-hydrogen) atoms. The van der Waals surface area contributed by atoms with E-state index in [1.165, 1.54) is 5.56 Å². The second kappa shape index (κ2) is 7.03. The van der Waals surface area contributed by atoms with Gasteiger partial charge in [0, 0.05) is 42.7 Å². The minimum Gasteiger partial charge on any atom is -0.337 e. The molecule has 1 aliphatic heterocycles. The first kappa shape index (κ1) is 16.5. The highest BCUT2D eigenvalue weighted by atomic mass is 16.2. The highest BCUT2D eigenvalue weighted by Gasteiger charge is 2.30. The Hall–Kier alpha value is -2.37. The SMILES string of the molecule is CC(C)(CNC(=O)N1CCCC[C@@H]1c1cn[nH]c1)c1ccncc1. The lowest BCUT2D eigenvalue weighted by atomic mass is 9.85. The molecule has 2 aromatic heterocycles. The van der Waals surface area contributed by atoms with Crippen LogP contribution in [0.5, 0.6) is 0 Å². The monoisotopic (exact) mass is 327 g/mol. The summed E-state index contributed by atoms with van der Waals surface area (Å²) in [6.45, 7) is 5.64. The third-order valence-corrected chi connectivity index (χ3v) is 4.81. The number of urea groups is 1. The average molecular weight is 327 g/mol. The van der Waals surface area contributed by atoms with Crippen LogP contribution in [0.4, 0.5) is 4.79 Å². The molecule has 0 aromatic carbocycles. The van der Waals surface area contributed by atoms with E-state index < -0.39 is 0 Å². The number of amides is 2. The third kappa shape index (κ3) is 3.58. The number of H-pyrrole nitrogens is 1. The van der Waals surface area contributed by atoms with Crippen molar-refractivity contribution in [3.8, 4) is 0 Å². The zero-order chi connectivity index (χ0) is 17.0. The van der Waals surface area contributed by atoms with Crippen LogP contribution in [0.3, 0.4) is 0 Å². The van der Waals surface area contributed by atoms with E-state index in [0.717, 1.165) is 31.4 Å². The van der Waals surface area contributed by atoms with E-state index in [-0.39, 0.29) is 17.5 Å². The molecule has 1 saturated heterocycles. The predicted octanol–water partition coefficient (Wildman–Crippen LogP) is 3.02. The maximum absolute atomic E-state index is 12.8. The number of carbonyl (C=O) groups is 1. The van der Waals surface area contributed by atoms with Crippen LogP contribution < -0.4 is 5.32 Å². The quantitative estimate of drug-likeness (QED) is 0.906. The lowest BCUT2D eigenvalue weighted by Crippen LogP contribution is -2.47. The number of hydrogen-bond donors (Lipinski definition) is 2. The van der Waals surface area contributed by atoms with Crippen LogP contribution >= 0.6 is 0 Å². The number of hydrogen-bond acceptors (Lipinski definition) is 3. The third-order valence-electron chi connectivity index (χ3n) is 4.81. The number of aromatic nitrogens is 3. The molecule has 2 N–H and O–H groups in total. The Morgan fingerprint density at radius 1 is 1.38 bits per heavy atom. The zero-order valence-electron chi connectivity index (χ0n) is 14.3. The molecule has 2 amide bonds.